The van der Waals surface area contributed by atoms with Crippen LogP contribution in [0, 0.1) is 11.3 Å². The molecule has 0 bridgehead atoms. The summed E-state index contributed by atoms with van der Waals surface area (Å²) in [6.45, 7) is 2.20. The van der Waals surface area contributed by atoms with Crippen LogP contribution in [-0.2, 0) is 9.59 Å². The first kappa shape index (κ1) is 21.6. The van der Waals surface area contributed by atoms with E-state index in [2.05, 4.69) is 6.92 Å². The average molecular weight is 350 g/mol. The predicted molar refractivity (Wildman–Crippen MR) is 100 cm³/mol. The number of carbonyl (C=O) groups is 2. The maximum atomic E-state index is 12.2. The van der Waals surface area contributed by atoms with Crippen molar-refractivity contribution in [3.05, 3.63) is 24.3 Å². The Morgan fingerprint density at radius 2 is 1.80 bits per heavy atom. The van der Waals surface area contributed by atoms with E-state index in [9.17, 15) is 14.7 Å². The first-order chi connectivity index (χ1) is 12.1. The standard InChI is InChI=1S/C21H34O4/c1-2-3-6-13-19(23)14-16-21(20(24)25,18-11-7-8-12-18)15-9-4-5-10-17-22/h4-5,14,16,18,22H,2-3,6-13,15,17H2,1H3,(H,24,25)/b5-4+,16-14-/t21-/m1/s1. The zero-order valence-electron chi connectivity index (χ0n) is 15.6. The van der Waals surface area contributed by atoms with Gasteiger partial charge in [-0.15, -0.1) is 0 Å². The van der Waals surface area contributed by atoms with Crippen LogP contribution in [0.2, 0.25) is 0 Å². The molecular formula is C21H34O4. The number of carboxylic acids is 1. The van der Waals surface area contributed by atoms with E-state index in [1.807, 2.05) is 12.2 Å². The van der Waals surface area contributed by atoms with Gasteiger partial charge in [-0.1, -0.05) is 50.8 Å². The summed E-state index contributed by atoms with van der Waals surface area (Å²) in [5.74, 6) is -0.670. The molecule has 2 N–H and O–H groups in total. The van der Waals surface area contributed by atoms with Crippen LogP contribution in [0.3, 0.4) is 0 Å². The highest BCUT2D eigenvalue weighted by atomic mass is 16.4. The van der Waals surface area contributed by atoms with E-state index in [4.69, 9.17) is 5.11 Å². The van der Waals surface area contributed by atoms with Crippen LogP contribution in [0.5, 0.6) is 0 Å². The van der Waals surface area contributed by atoms with Crippen LogP contribution < -0.4 is 0 Å². The summed E-state index contributed by atoms with van der Waals surface area (Å²) in [5.41, 5.74) is -0.944. The molecule has 0 aliphatic heterocycles. The molecule has 0 saturated heterocycles. The lowest BCUT2D eigenvalue weighted by atomic mass is 9.70. The lowest BCUT2D eigenvalue weighted by Crippen LogP contribution is -2.36. The minimum atomic E-state index is -0.944. The fourth-order valence-electron chi connectivity index (χ4n) is 3.72. The van der Waals surface area contributed by atoms with Gasteiger partial charge in [-0.3, -0.25) is 9.59 Å². The molecule has 1 aliphatic carbocycles. The number of aliphatic hydroxyl groups excluding tert-OH is 1. The van der Waals surface area contributed by atoms with Gasteiger partial charge in [-0.25, -0.2) is 0 Å². The Hall–Kier alpha value is -1.42. The highest BCUT2D eigenvalue weighted by Gasteiger charge is 2.44. The lowest BCUT2D eigenvalue weighted by Gasteiger charge is -2.32. The zero-order valence-corrected chi connectivity index (χ0v) is 15.6. The van der Waals surface area contributed by atoms with Crippen molar-refractivity contribution in [2.24, 2.45) is 11.3 Å². The Labute approximate surface area is 152 Å². The molecule has 1 rings (SSSR count). The van der Waals surface area contributed by atoms with E-state index in [1.54, 1.807) is 6.08 Å². The van der Waals surface area contributed by atoms with Gasteiger partial charge < -0.3 is 10.2 Å². The van der Waals surface area contributed by atoms with E-state index in [1.165, 1.54) is 6.08 Å². The van der Waals surface area contributed by atoms with Crippen LogP contribution in [-0.4, -0.2) is 28.6 Å². The topological polar surface area (TPSA) is 74.6 Å². The Kier molecular flexibility index (Phi) is 10.4. The van der Waals surface area contributed by atoms with E-state index < -0.39 is 11.4 Å². The van der Waals surface area contributed by atoms with E-state index in [0.29, 0.717) is 25.7 Å². The highest BCUT2D eigenvalue weighted by molar-refractivity contribution is 5.91. The van der Waals surface area contributed by atoms with Crippen molar-refractivity contribution in [1.82, 2.24) is 0 Å². The fraction of sp³-hybridized carbons (Fsp3) is 0.714. The minimum absolute atomic E-state index is 0.0351. The number of aliphatic hydroxyl groups is 1. The highest BCUT2D eigenvalue weighted by Crippen LogP contribution is 2.44. The number of hydrogen-bond acceptors (Lipinski definition) is 3. The lowest BCUT2D eigenvalue weighted by molar-refractivity contribution is -0.149. The monoisotopic (exact) mass is 350 g/mol. The summed E-state index contributed by atoms with van der Waals surface area (Å²) in [6.07, 6.45) is 16.2. The second-order valence-electron chi connectivity index (χ2n) is 7.11. The van der Waals surface area contributed by atoms with Crippen molar-refractivity contribution in [2.45, 2.75) is 77.6 Å². The molecule has 0 radical (unpaired) electrons. The number of aliphatic carboxylic acids is 1. The molecule has 142 valence electrons. The van der Waals surface area contributed by atoms with Crippen LogP contribution in [0.1, 0.15) is 77.6 Å². The summed E-state index contributed by atoms with van der Waals surface area (Å²) in [7, 11) is 0. The van der Waals surface area contributed by atoms with Gasteiger partial charge in [0.15, 0.2) is 5.78 Å². The third kappa shape index (κ3) is 7.15. The quantitative estimate of drug-likeness (QED) is 0.287. The van der Waals surface area contributed by atoms with E-state index in [-0.39, 0.29) is 18.3 Å². The number of ketones is 1. The van der Waals surface area contributed by atoms with E-state index >= 15 is 0 Å². The second-order valence-corrected chi connectivity index (χ2v) is 7.11. The predicted octanol–water partition coefficient (Wildman–Crippen LogP) is 4.67. The van der Waals surface area contributed by atoms with Crippen molar-refractivity contribution in [3.63, 3.8) is 0 Å². The van der Waals surface area contributed by atoms with Crippen LogP contribution in [0.15, 0.2) is 24.3 Å². The van der Waals surface area contributed by atoms with Crippen molar-refractivity contribution >= 4 is 11.8 Å². The maximum absolute atomic E-state index is 12.2. The van der Waals surface area contributed by atoms with Gasteiger partial charge in [-0.05, 0) is 50.5 Å². The minimum Gasteiger partial charge on any atom is -0.481 e. The van der Waals surface area contributed by atoms with Gasteiger partial charge in [0.25, 0.3) is 0 Å². The van der Waals surface area contributed by atoms with Crippen molar-refractivity contribution in [1.29, 1.82) is 0 Å². The zero-order chi connectivity index (χ0) is 18.5. The number of allylic oxidation sites excluding steroid dienone is 2. The molecule has 4 heteroatoms. The summed E-state index contributed by atoms with van der Waals surface area (Å²) in [4.78, 5) is 24.3. The van der Waals surface area contributed by atoms with Gasteiger partial charge >= 0.3 is 5.97 Å². The molecular weight excluding hydrogens is 316 g/mol. The molecule has 0 heterocycles. The number of unbranched alkanes of at least 4 members (excludes halogenated alkanes) is 2. The summed E-state index contributed by atoms with van der Waals surface area (Å²) >= 11 is 0. The fourth-order valence-corrected chi connectivity index (χ4v) is 3.72. The maximum Gasteiger partial charge on any atom is 0.313 e. The molecule has 0 unspecified atom stereocenters. The van der Waals surface area contributed by atoms with E-state index in [0.717, 1.165) is 44.9 Å². The largest absolute Gasteiger partial charge is 0.481 e. The Morgan fingerprint density at radius 3 is 2.40 bits per heavy atom. The van der Waals surface area contributed by atoms with Crippen LogP contribution >= 0.6 is 0 Å². The van der Waals surface area contributed by atoms with Crippen molar-refractivity contribution in [3.8, 4) is 0 Å². The Morgan fingerprint density at radius 1 is 1.12 bits per heavy atom. The van der Waals surface area contributed by atoms with Gasteiger partial charge in [0.05, 0.1) is 5.41 Å². The normalized spacial score (nSPS) is 18.2. The van der Waals surface area contributed by atoms with Gasteiger partial charge in [0.1, 0.15) is 0 Å². The summed E-state index contributed by atoms with van der Waals surface area (Å²) in [5, 5.41) is 18.8. The first-order valence-corrected chi connectivity index (χ1v) is 9.78. The average Bonchev–Trinajstić information content (AvgIpc) is 3.12. The van der Waals surface area contributed by atoms with Crippen molar-refractivity contribution < 1.29 is 19.8 Å². The van der Waals surface area contributed by atoms with Crippen molar-refractivity contribution in [2.75, 3.05) is 6.61 Å². The van der Waals surface area contributed by atoms with Crippen LogP contribution in [0.25, 0.3) is 0 Å². The Balaban J connectivity index is 2.84. The molecule has 1 fully saturated rings. The number of carboxylic acid groups (broad SMARTS) is 1. The number of hydrogen-bond donors (Lipinski definition) is 2. The molecule has 0 aromatic rings. The SMILES string of the molecule is CCCCCC(=O)/C=C\[C@@](CC/C=C/CCO)(C(=O)O)C1CCCC1. The number of rotatable bonds is 13. The molecule has 0 aromatic carbocycles. The molecule has 4 nitrogen and oxygen atoms in total. The molecule has 1 saturated carbocycles. The molecule has 0 aromatic heterocycles. The summed E-state index contributed by atoms with van der Waals surface area (Å²) in [6, 6.07) is 0. The second kappa shape index (κ2) is 12.0. The third-order valence-electron chi connectivity index (χ3n) is 5.26. The van der Waals surface area contributed by atoms with Gasteiger partial charge in [0.2, 0.25) is 0 Å². The molecule has 1 atom stereocenters. The first-order valence-electron chi connectivity index (χ1n) is 9.78. The third-order valence-corrected chi connectivity index (χ3v) is 5.26. The summed E-state index contributed by atoms with van der Waals surface area (Å²) < 4.78 is 0. The van der Waals surface area contributed by atoms with Crippen LogP contribution in [0.4, 0.5) is 0 Å². The molecule has 0 amide bonds. The molecule has 25 heavy (non-hydrogen) atoms. The van der Waals surface area contributed by atoms with Gasteiger partial charge in [-0.2, -0.15) is 0 Å². The molecule has 1 aliphatic rings. The smallest absolute Gasteiger partial charge is 0.313 e. The van der Waals surface area contributed by atoms with Gasteiger partial charge in [0, 0.05) is 13.0 Å². The number of carbonyl (C=O) groups excluding carboxylic acids is 1. The molecule has 0 spiro atoms. The Bertz CT molecular complexity index is 461.